The molecule has 1 aliphatic rings. The molecule has 0 radical (unpaired) electrons. The zero-order valence-electron chi connectivity index (χ0n) is 11.0. The maximum absolute atomic E-state index is 12.0. The summed E-state index contributed by atoms with van der Waals surface area (Å²) in [5.41, 5.74) is -1.17. The van der Waals surface area contributed by atoms with Gasteiger partial charge < -0.3 is 15.3 Å². The number of urea groups is 1. The van der Waals surface area contributed by atoms with Gasteiger partial charge in [0.2, 0.25) is 0 Å². The lowest BCUT2D eigenvalue weighted by atomic mass is 9.82. The second kappa shape index (κ2) is 4.94. The summed E-state index contributed by atoms with van der Waals surface area (Å²) in [4.78, 5) is 24.5. The van der Waals surface area contributed by atoms with Crippen LogP contribution in [-0.4, -0.2) is 40.1 Å². The summed E-state index contributed by atoms with van der Waals surface area (Å²) in [5, 5.41) is 12.0. The van der Waals surface area contributed by atoms with Crippen molar-refractivity contribution in [3.63, 3.8) is 0 Å². The Balaban J connectivity index is 2.61. The highest BCUT2D eigenvalue weighted by atomic mass is 16.4. The Morgan fingerprint density at radius 3 is 2.29 bits per heavy atom. The van der Waals surface area contributed by atoms with Crippen LogP contribution >= 0.6 is 0 Å². The van der Waals surface area contributed by atoms with Crippen molar-refractivity contribution in [2.24, 2.45) is 5.92 Å². The number of rotatable bonds is 4. The average Bonchev–Trinajstić information content (AvgIpc) is 2.15. The molecule has 1 aliphatic carbocycles. The molecular weight excluding hydrogens is 220 g/mol. The predicted octanol–water partition coefficient (Wildman–Crippen LogP) is 1.68. The zero-order valence-corrected chi connectivity index (χ0v) is 11.0. The summed E-state index contributed by atoms with van der Waals surface area (Å²) >= 11 is 0. The molecule has 1 saturated carbocycles. The van der Waals surface area contributed by atoms with Crippen molar-refractivity contribution >= 4 is 12.0 Å². The van der Waals surface area contributed by atoms with Gasteiger partial charge in [-0.2, -0.15) is 0 Å². The molecule has 0 saturated heterocycles. The van der Waals surface area contributed by atoms with E-state index in [0.717, 1.165) is 12.8 Å². The van der Waals surface area contributed by atoms with Gasteiger partial charge in [-0.1, -0.05) is 6.92 Å². The molecule has 17 heavy (non-hydrogen) atoms. The average molecular weight is 242 g/mol. The molecule has 0 spiro atoms. The van der Waals surface area contributed by atoms with Gasteiger partial charge in [0.25, 0.3) is 0 Å². The largest absolute Gasteiger partial charge is 0.480 e. The van der Waals surface area contributed by atoms with E-state index in [-0.39, 0.29) is 12.1 Å². The lowest BCUT2D eigenvalue weighted by Gasteiger charge is -2.39. The third kappa shape index (κ3) is 2.90. The van der Waals surface area contributed by atoms with E-state index in [1.54, 1.807) is 20.8 Å². The van der Waals surface area contributed by atoms with Gasteiger partial charge in [0.15, 0.2) is 0 Å². The van der Waals surface area contributed by atoms with Gasteiger partial charge in [0.05, 0.1) is 0 Å². The van der Waals surface area contributed by atoms with E-state index in [9.17, 15) is 9.59 Å². The van der Waals surface area contributed by atoms with Crippen LogP contribution in [0, 0.1) is 5.92 Å². The fourth-order valence-corrected chi connectivity index (χ4v) is 2.18. The van der Waals surface area contributed by atoms with Crippen molar-refractivity contribution in [2.75, 3.05) is 6.54 Å². The molecule has 0 aromatic carbocycles. The molecule has 0 aliphatic heterocycles. The highest BCUT2D eigenvalue weighted by molar-refractivity contribution is 5.85. The summed E-state index contributed by atoms with van der Waals surface area (Å²) in [6.45, 7) is 7.39. The SMILES string of the molecule is CCN(C(=O)NC1CC(C)C1)C(C)(C)C(=O)O. The molecular formula is C12H22N2O3. The number of carboxylic acids is 1. The van der Waals surface area contributed by atoms with Crippen LogP contribution in [0.4, 0.5) is 4.79 Å². The third-order valence-electron chi connectivity index (χ3n) is 3.46. The number of likely N-dealkylation sites (N-methyl/N-ethyl adjacent to an activating group) is 1. The molecule has 5 heteroatoms. The number of carbonyl (C=O) groups excluding carboxylic acids is 1. The van der Waals surface area contributed by atoms with E-state index in [1.807, 2.05) is 0 Å². The fourth-order valence-electron chi connectivity index (χ4n) is 2.18. The van der Waals surface area contributed by atoms with Crippen LogP contribution in [0.2, 0.25) is 0 Å². The van der Waals surface area contributed by atoms with Crippen molar-refractivity contribution in [1.29, 1.82) is 0 Å². The Morgan fingerprint density at radius 2 is 1.94 bits per heavy atom. The Hall–Kier alpha value is -1.26. The maximum atomic E-state index is 12.0. The first-order valence-electron chi connectivity index (χ1n) is 6.10. The van der Waals surface area contributed by atoms with Crippen LogP contribution in [0.5, 0.6) is 0 Å². The first-order chi connectivity index (χ1) is 7.78. The van der Waals surface area contributed by atoms with Crippen LogP contribution in [0.15, 0.2) is 0 Å². The molecule has 0 aromatic heterocycles. The van der Waals surface area contributed by atoms with Crippen LogP contribution in [0.25, 0.3) is 0 Å². The number of hydrogen-bond acceptors (Lipinski definition) is 2. The number of nitrogens with one attached hydrogen (secondary N) is 1. The third-order valence-corrected chi connectivity index (χ3v) is 3.46. The minimum Gasteiger partial charge on any atom is -0.480 e. The Kier molecular flexibility index (Phi) is 4.01. The molecule has 0 bridgehead atoms. The molecule has 5 nitrogen and oxygen atoms in total. The topological polar surface area (TPSA) is 69.6 Å². The van der Waals surface area contributed by atoms with E-state index in [0.29, 0.717) is 12.5 Å². The number of carbonyl (C=O) groups is 2. The van der Waals surface area contributed by atoms with Crippen molar-refractivity contribution in [2.45, 2.75) is 52.1 Å². The van der Waals surface area contributed by atoms with Crippen molar-refractivity contribution in [3.05, 3.63) is 0 Å². The highest BCUT2D eigenvalue weighted by Gasteiger charge is 2.38. The minimum absolute atomic E-state index is 0.205. The number of carboxylic acid groups (broad SMARTS) is 1. The summed E-state index contributed by atoms with van der Waals surface area (Å²) in [6.07, 6.45) is 1.97. The lowest BCUT2D eigenvalue weighted by Crippen LogP contribution is -2.58. The molecule has 1 fully saturated rings. The molecule has 0 aromatic rings. The first-order valence-corrected chi connectivity index (χ1v) is 6.10. The van der Waals surface area contributed by atoms with E-state index in [2.05, 4.69) is 12.2 Å². The molecule has 98 valence electrons. The summed E-state index contributed by atoms with van der Waals surface area (Å²) in [6, 6.07) is -0.0760. The van der Waals surface area contributed by atoms with Gasteiger partial charge in [-0.05, 0) is 39.5 Å². The van der Waals surface area contributed by atoms with Crippen molar-refractivity contribution < 1.29 is 14.7 Å². The number of hydrogen-bond donors (Lipinski definition) is 2. The molecule has 0 heterocycles. The normalized spacial score (nSPS) is 23.8. The highest BCUT2D eigenvalue weighted by Crippen LogP contribution is 2.26. The second-order valence-electron chi connectivity index (χ2n) is 5.33. The van der Waals surface area contributed by atoms with Gasteiger partial charge in [-0.25, -0.2) is 9.59 Å². The molecule has 0 atom stereocenters. The zero-order chi connectivity index (χ0) is 13.2. The van der Waals surface area contributed by atoms with E-state index in [4.69, 9.17) is 5.11 Å². The standard InChI is InChI=1S/C12H22N2O3/c1-5-14(12(3,4)10(15)16)11(17)13-9-6-8(2)7-9/h8-9H,5-7H2,1-4H3,(H,13,17)(H,15,16). The number of amides is 2. The number of aliphatic carboxylic acids is 1. The fraction of sp³-hybridized carbons (Fsp3) is 0.833. The summed E-state index contributed by atoms with van der Waals surface area (Å²) in [7, 11) is 0. The van der Waals surface area contributed by atoms with Gasteiger partial charge in [-0.3, -0.25) is 0 Å². The van der Waals surface area contributed by atoms with Crippen LogP contribution in [0.3, 0.4) is 0 Å². The molecule has 0 unspecified atom stereocenters. The van der Waals surface area contributed by atoms with E-state index < -0.39 is 11.5 Å². The first kappa shape index (κ1) is 13.8. The molecule has 2 N–H and O–H groups in total. The minimum atomic E-state index is -1.17. The van der Waals surface area contributed by atoms with Crippen LogP contribution in [0.1, 0.15) is 40.5 Å². The summed E-state index contributed by atoms with van der Waals surface area (Å²) in [5.74, 6) is -0.334. The van der Waals surface area contributed by atoms with Gasteiger partial charge in [0.1, 0.15) is 5.54 Å². The summed E-state index contributed by atoms with van der Waals surface area (Å²) < 4.78 is 0. The van der Waals surface area contributed by atoms with Crippen molar-refractivity contribution in [3.8, 4) is 0 Å². The predicted molar refractivity (Wildman–Crippen MR) is 64.8 cm³/mol. The second-order valence-corrected chi connectivity index (χ2v) is 5.33. The Bertz CT molecular complexity index is 309. The van der Waals surface area contributed by atoms with Crippen molar-refractivity contribution in [1.82, 2.24) is 10.2 Å². The van der Waals surface area contributed by atoms with Gasteiger partial charge >= 0.3 is 12.0 Å². The lowest BCUT2D eigenvalue weighted by molar-refractivity contribution is -0.147. The van der Waals surface area contributed by atoms with Crippen LogP contribution in [-0.2, 0) is 4.79 Å². The Morgan fingerprint density at radius 1 is 1.41 bits per heavy atom. The van der Waals surface area contributed by atoms with Crippen LogP contribution < -0.4 is 5.32 Å². The maximum Gasteiger partial charge on any atom is 0.329 e. The van der Waals surface area contributed by atoms with Gasteiger partial charge in [0, 0.05) is 12.6 Å². The van der Waals surface area contributed by atoms with E-state index in [1.165, 1.54) is 4.90 Å². The van der Waals surface area contributed by atoms with E-state index >= 15 is 0 Å². The monoisotopic (exact) mass is 242 g/mol. The quantitative estimate of drug-likeness (QED) is 0.788. The molecule has 2 amide bonds. The molecule has 1 rings (SSSR count). The van der Waals surface area contributed by atoms with Gasteiger partial charge in [-0.15, -0.1) is 0 Å². The number of nitrogens with zero attached hydrogens (tertiary/aromatic N) is 1. The Labute approximate surface area is 102 Å². The smallest absolute Gasteiger partial charge is 0.329 e.